The number of unbranched alkanes of at least 4 members (excludes halogenated alkanes) is 3. The van der Waals surface area contributed by atoms with E-state index >= 15 is 0 Å². The molecule has 1 rings (SSSR count). The predicted octanol–water partition coefficient (Wildman–Crippen LogP) is -0.994. The number of ether oxygens (including phenoxy) is 1. The number of aliphatic hydroxyl groups is 1. The van der Waals surface area contributed by atoms with Crippen LogP contribution in [-0.2, 0) is 22.5 Å². The van der Waals surface area contributed by atoms with Gasteiger partial charge in [-0.05, 0) is 6.42 Å². The number of thiazole rings is 1. The van der Waals surface area contributed by atoms with E-state index in [0.717, 1.165) is 23.4 Å². The van der Waals surface area contributed by atoms with Gasteiger partial charge in [-0.15, -0.1) is 0 Å². The quantitative estimate of drug-likeness (QED) is 0.361. The Hall–Kier alpha value is -0.650. The van der Waals surface area contributed by atoms with Crippen LogP contribution in [0.4, 0.5) is 0 Å². The largest absolute Gasteiger partial charge is 1.00 e. The lowest BCUT2D eigenvalue weighted by Crippen LogP contribution is -3.00. The molecule has 0 saturated heterocycles. The number of aliphatic hydroxyl groups excluding tert-OH is 1. The Morgan fingerprint density at radius 1 is 1.40 bits per heavy atom. The highest BCUT2D eigenvalue weighted by Crippen LogP contribution is 2.11. The number of carbonyl (C=O) groups excluding carboxylic acids is 1. The molecule has 0 aliphatic rings. The molecule has 0 unspecified atom stereocenters. The molecule has 0 spiro atoms. The Balaban J connectivity index is 0.00000361. The van der Waals surface area contributed by atoms with Crippen LogP contribution in [-0.4, -0.2) is 24.3 Å². The van der Waals surface area contributed by atoms with Crippen molar-refractivity contribution in [2.75, 3.05) is 13.2 Å². The summed E-state index contributed by atoms with van der Waals surface area (Å²) in [7, 11) is 0. The molecule has 4 nitrogen and oxygen atoms in total. The van der Waals surface area contributed by atoms with Crippen molar-refractivity contribution in [1.82, 2.24) is 0 Å². The second-order valence-corrected chi connectivity index (χ2v) is 5.55. The molecular formula is C14H24ClNO3S. The molecule has 0 saturated carbocycles. The van der Waals surface area contributed by atoms with Crippen LogP contribution in [0.2, 0.25) is 0 Å². The van der Waals surface area contributed by atoms with Crippen molar-refractivity contribution < 1.29 is 31.6 Å². The molecule has 1 heterocycles. The van der Waals surface area contributed by atoms with Gasteiger partial charge in [-0.1, -0.05) is 37.5 Å². The van der Waals surface area contributed by atoms with E-state index in [9.17, 15) is 4.79 Å². The topological polar surface area (TPSA) is 50.4 Å². The van der Waals surface area contributed by atoms with E-state index in [2.05, 4.69) is 6.92 Å². The first-order chi connectivity index (χ1) is 9.19. The highest BCUT2D eigenvalue weighted by atomic mass is 35.5. The van der Waals surface area contributed by atoms with Crippen molar-refractivity contribution in [1.29, 1.82) is 0 Å². The second kappa shape index (κ2) is 11.1. The minimum Gasteiger partial charge on any atom is -1.00 e. The van der Waals surface area contributed by atoms with Gasteiger partial charge in [0.25, 0.3) is 0 Å². The maximum Gasteiger partial charge on any atom is 0.372 e. The van der Waals surface area contributed by atoms with E-state index in [1.165, 1.54) is 12.8 Å². The summed E-state index contributed by atoms with van der Waals surface area (Å²) in [4.78, 5) is 12.8. The zero-order chi connectivity index (χ0) is 14.1. The molecule has 0 aliphatic carbocycles. The number of rotatable bonds is 9. The first-order valence-electron chi connectivity index (χ1n) is 6.92. The molecule has 0 radical (unpaired) electrons. The van der Waals surface area contributed by atoms with Gasteiger partial charge >= 0.3 is 5.97 Å². The van der Waals surface area contributed by atoms with Gasteiger partial charge in [0.05, 0.1) is 11.5 Å². The Labute approximate surface area is 131 Å². The third-order valence-corrected chi connectivity index (χ3v) is 4.20. The summed E-state index contributed by atoms with van der Waals surface area (Å²) in [6.07, 6.45) is 5.10. The van der Waals surface area contributed by atoms with E-state index in [-0.39, 0.29) is 31.5 Å². The first-order valence-corrected chi connectivity index (χ1v) is 7.79. The molecule has 6 heteroatoms. The average Bonchev–Trinajstić information content (AvgIpc) is 2.72. The van der Waals surface area contributed by atoms with Crippen LogP contribution in [0.15, 0.2) is 5.51 Å². The van der Waals surface area contributed by atoms with Gasteiger partial charge < -0.3 is 22.3 Å². The van der Waals surface area contributed by atoms with Gasteiger partial charge in [0.1, 0.15) is 0 Å². The van der Waals surface area contributed by atoms with Gasteiger partial charge in [-0.2, -0.15) is 4.57 Å². The monoisotopic (exact) mass is 321 g/mol. The van der Waals surface area contributed by atoms with Crippen molar-refractivity contribution in [3.8, 4) is 0 Å². The fraction of sp³-hybridized carbons (Fsp3) is 0.714. The van der Waals surface area contributed by atoms with Crippen molar-refractivity contribution in [3.05, 3.63) is 16.1 Å². The molecule has 0 aromatic carbocycles. The van der Waals surface area contributed by atoms with Crippen molar-refractivity contribution in [3.63, 3.8) is 0 Å². The van der Waals surface area contributed by atoms with Crippen LogP contribution >= 0.6 is 11.3 Å². The van der Waals surface area contributed by atoms with Crippen LogP contribution in [0.3, 0.4) is 0 Å². The van der Waals surface area contributed by atoms with E-state index in [1.54, 1.807) is 11.3 Å². The molecule has 1 aromatic rings. The van der Waals surface area contributed by atoms with E-state index in [4.69, 9.17) is 9.84 Å². The molecule has 0 bridgehead atoms. The number of nitrogens with zero attached hydrogens (tertiary/aromatic N) is 1. The summed E-state index contributed by atoms with van der Waals surface area (Å²) in [5, 5.41) is 8.93. The fourth-order valence-corrected chi connectivity index (χ4v) is 2.83. The number of halogens is 1. The minimum atomic E-state index is -0.182. The van der Waals surface area contributed by atoms with Crippen LogP contribution < -0.4 is 17.0 Å². The molecule has 116 valence electrons. The molecule has 1 N–H and O–H groups in total. The second-order valence-electron chi connectivity index (χ2n) is 4.61. The molecule has 1 aromatic heterocycles. The SMILES string of the molecule is CCCCCCOC(=O)C[n+]1csc(CCO)c1C.[Cl-]. The minimum absolute atomic E-state index is 0. The molecule has 0 atom stereocenters. The first kappa shape index (κ1) is 19.4. The molecule has 0 fully saturated rings. The van der Waals surface area contributed by atoms with Gasteiger partial charge in [-0.25, -0.2) is 4.79 Å². The Morgan fingerprint density at radius 2 is 2.15 bits per heavy atom. The summed E-state index contributed by atoms with van der Waals surface area (Å²) < 4.78 is 7.11. The molecule has 20 heavy (non-hydrogen) atoms. The predicted molar refractivity (Wildman–Crippen MR) is 75.1 cm³/mol. The number of carbonyl (C=O) groups is 1. The zero-order valence-corrected chi connectivity index (χ0v) is 13.8. The average molecular weight is 322 g/mol. The highest BCUT2D eigenvalue weighted by Gasteiger charge is 2.18. The fourth-order valence-electron chi connectivity index (χ4n) is 1.85. The lowest BCUT2D eigenvalue weighted by Gasteiger charge is -2.02. The molecular weight excluding hydrogens is 298 g/mol. The lowest BCUT2D eigenvalue weighted by molar-refractivity contribution is -0.687. The smallest absolute Gasteiger partial charge is 0.372 e. The molecule has 0 aliphatic heterocycles. The summed E-state index contributed by atoms with van der Waals surface area (Å²) >= 11 is 1.57. The number of esters is 1. The van der Waals surface area contributed by atoms with Crippen LogP contribution in [0.25, 0.3) is 0 Å². The summed E-state index contributed by atoms with van der Waals surface area (Å²) in [5.74, 6) is -0.182. The van der Waals surface area contributed by atoms with Gasteiger partial charge in [-0.3, -0.25) is 0 Å². The van der Waals surface area contributed by atoms with E-state index in [0.29, 0.717) is 13.0 Å². The lowest BCUT2D eigenvalue weighted by atomic mass is 10.2. The zero-order valence-electron chi connectivity index (χ0n) is 12.2. The number of aromatic nitrogens is 1. The van der Waals surface area contributed by atoms with Crippen LogP contribution in [0, 0.1) is 6.92 Å². The van der Waals surface area contributed by atoms with Gasteiger partial charge in [0, 0.05) is 20.0 Å². The van der Waals surface area contributed by atoms with Crippen molar-refractivity contribution >= 4 is 17.3 Å². The maximum atomic E-state index is 11.7. The van der Waals surface area contributed by atoms with Crippen LogP contribution in [0.1, 0.15) is 43.2 Å². The van der Waals surface area contributed by atoms with Crippen molar-refractivity contribution in [2.24, 2.45) is 0 Å². The summed E-state index contributed by atoms with van der Waals surface area (Å²) in [6, 6.07) is 0. The Bertz CT molecular complexity index is 396. The summed E-state index contributed by atoms with van der Waals surface area (Å²) in [6.45, 7) is 5.05. The number of hydrogen-bond donors (Lipinski definition) is 1. The Kier molecular flexibility index (Phi) is 10.7. The Morgan fingerprint density at radius 3 is 2.80 bits per heavy atom. The maximum absolute atomic E-state index is 11.7. The van der Waals surface area contributed by atoms with Gasteiger partial charge in [0.15, 0.2) is 5.69 Å². The van der Waals surface area contributed by atoms with Crippen LogP contribution in [0.5, 0.6) is 0 Å². The van der Waals surface area contributed by atoms with E-state index in [1.807, 2.05) is 17.0 Å². The standard InChI is InChI=1S/C14H24NO3S.ClH/c1-3-4-5-6-9-18-14(17)10-15-11-19-13(7-8-16)12(15)2;/h11,16H,3-10H2,1-2H3;1H/q+1;/p-1. The van der Waals surface area contributed by atoms with Gasteiger partial charge in [0.2, 0.25) is 12.1 Å². The normalized spacial score (nSPS) is 10.2. The number of hydrogen-bond acceptors (Lipinski definition) is 4. The highest BCUT2D eigenvalue weighted by molar-refractivity contribution is 7.09. The molecule has 0 amide bonds. The van der Waals surface area contributed by atoms with E-state index < -0.39 is 0 Å². The third-order valence-electron chi connectivity index (χ3n) is 3.06. The summed E-state index contributed by atoms with van der Waals surface area (Å²) in [5.41, 5.74) is 2.96. The third kappa shape index (κ3) is 6.68. The van der Waals surface area contributed by atoms with Crippen molar-refractivity contribution in [2.45, 2.75) is 52.5 Å².